The largest absolute Gasteiger partial charge is 0.486 e. The van der Waals surface area contributed by atoms with E-state index in [1.165, 1.54) is 50.8 Å². The Hall–Kier alpha value is -1.79. The lowest BCUT2D eigenvalue weighted by Crippen LogP contribution is -2.51. The summed E-state index contributed by atoms with van der Waals surface area (Å²) >= 11 is 0. The van der Waals surface area contributed by atoms with Crippen LogP contribution in [0.15, 0.2) is 18.2 Å². The molecule has 1 aromatic carbocycles. The average molecular weight is 414 g/mol. The summed E-state index contributed by atoms with van der Waals surface area (Å²) in [6, 6.07) is 6.99. The molecule has 0 N–H and O–H groups in total. The number of piperidine rings is 2. The van der Waals surface area contributed by atoms with Crippen molar-refractivity contribution in [1.82, 2.24) is 14.7 Å². The van der Waals surface area contributed by atoms with Crippen molar-refractivity contribution >= 4 is 5.91 Å². The highest BCUT2D eigenvalue weighted by Gasteiger charge is 2.33. The molecule has 6 heteroatoms. The summed E-state index contributed by atoms with van der Waals surface area (Å²) < 4.78 is 11.4. The van der Waals surface area contributed by atoms with Crippen LogP contribution in [0.2, 0.25) is 0 Å². The number of hydrogen-bond acceptors (Lipinski definition) is 5. The van der Waals surface area contributed by atoms with E-state index in [0.717, 1.165) is 44.0 Å². The average Bonchev–Trinajstić information content (AvgIpc) is 3.30. The molecule has 2 atom stereocenters. The van der Waals surface area contributed by atoms with E-state index in [4.69, 9.17) is 9.47 Å². The molecule has 3 saturated heterocycles. The Bertz CT molecular complexity index is 749. The summed E-state index contributed by atoms with van der Waals surface area (Å²) in [5.74, 6) is 1.92. The van der Waals surface area contributed by atoms with Crippen LogP contribution < -0.4 is 9.47 Å². The van der Waals surface area contributed by atoms with Crippen LogP contribution in [0.1, 0.15) is 56.6 Å². The molecule has 0 aliphatic carbocycles. The predicted octanol–water partition coefficient (Wildman–Crippen LogP) is 3.07. The van der Waals surface area contributed by atoms with Gasteiger partial charge in [-0.05, 0) is 75.9 Å². The normalized spacial score (nSPS) is 27.9. The van der Waals surface area contributed by atoms with Gasteiger partial charge in [0.25, 0.3) is 0 Å². The Labute approximate surface area is 180 Å². The van der Waals surface area contributed by atoms with E-state index in [-0.39, 0.29) is 11.9 Å². The van der Waals surface area contributed by atoms with Gasteiger partial charge in [-0.3, -0.25) is 14.6 Å². The van der Waals surface area contributed by atoms with Crippen molar-refractivity contribution in [2.75, 3.05) is 52.5 Å². The number of amides is 1. The van der Waals surface area contributed by atoms with Crippen LogP contribution in [0.3, 0.4) is 0 Å². The first-order chi connectivity index (χ1) is 14.8. The number of carbonyl (C=O) groups excluding carboxylic acids is 1. The minimum absolute atomic E-state index is 0.163. The minimum atomic E-state index is 0.163. The molecule has 0 saturated carbocycles. The second-order valence-corrected chi connectivity index (χ2v) is 9.28. The molecule has 164 valence electrons. The maximum Gasteiger partial charge on any atom is 0.237 e. The molecular weight excluding hydrogens is 378 g/mol. The minimum Gasteiger partial charge on any atom is -0.486 e. The lowest BCUT2D eigenvalue weighted by atomic mass is 10.0. The third-order valence-electron chi connectivity index (χ3n) is 7.27. The van der Waals surface area contributed by atoms with Crippen molar-refractivity contribution < 1.29 is 14.3 Å². The highest BCUT2D eigenvalue weighted by molar-refractivity contribution is 5.79. The van der Waals surface area contributed by atoms with Crippen molar-refractivity contribution in [1.29, 1.82) is 0 Å². The van der Waals surface area contributed by atoms with Gasteiger partial charge in [-0.2, -0.15) is 0 Å². The standard InChI is InChI=1S/C24H35N3O3/c28-24(18-25-10-4-6-20(17-25)26-11-2-1-3-12-26)27-13-5-7-21(27)19-8-9-22-23(16-19)30-15-14-29-22/h8-9,16,20-21H,1-7,10-15,17-18H2. The molecule has 0 radical (unpaired) electrons. The van der Waals surface area contributed by atoms with Crippen LogP contribution in [-0.4, -0.2) is 79.1 Å². The van der Waals surface area contributed by atoms with E-state index in [2.05, 4.69) is 26.8 Å². The van der Waals surface area contributed by atoms with Gasteiger partial charge in [0.2, 0.25) is 5.91 Å². The number of fused-ring (bicyclic) bond motifs is 1. The number of rotatable bonds is 4. The van der Waals surface area contributed by atoms with Crippen molar-refractivity contribution in [2.24, 2.45) is 0 Å². The van der Waals surface area contributed by atoms with E-state index >= 15 is 0 Å². The Balaban J connectivity index is 1.22. The molecular formula is C24H35N3O3. The van der Waals surface area contributed by atoms with Gasteiger partial charge >= 0.3 is 0 Å². The van der Waals surface area contributed by atoms with Gasteiger partial charge in [-0.1, -0.05) is 12.5 Å². The number of carbonyl (C=O) groups is 1. The fourth-order valence-corrected chi connectivity index (χ4v) is 5.72. The van der Waals surface area contributed by atoms with Gasteiger partial charge in [0.05, 0.1) is 12.6 Å². The van der Waals surface area contributed by atoms with Crippen LogP contribution in [0, 0.1) is 0 Å². The monoisotopic (exact) mass is 413 g/mol. The summed E-state index contributed by atoms with van der Waals surface area (Å²) in [7, 11) is 0. The van der Waals surface area contributed by atoms with Crippen molar-refractivity contribution in [3.05, 3.63) is 23.8 Å². The molecule has 4 aliphatic rings. The van der Waals surface area contributed by atoms with Crippen LogP contribution in [0.4, 0.5) is 0 Å². The molecule has 5 rings (SSSR count). The van der Waals surface area contributed by atoms with Crippen LogP contribution in [0.25, 0.3) is 0 Å². The number of nitrogens with zero attached hydrogens (tertiary/aromatic N) is 3. The van der Waals surface area contributed by atoms with Gasteiger partial charge in [0.15, 0.2) is 11.5 Å². The van der Waals surface area contributed by atoms with E-state index in [0.29, 0.717) is 25.8 Å². The maximum atomic E-state index is 13.3. The SMILES string of the molecule is O=C(CN1CCCC(N2CCCCC2)C1)N1CCCC1c1ccc2c(c1)OCCO2. The van der Waals surface area contributed by atoms with Crippen molar-refractivity contribution in [3.8, 4) is 11.5 Å². The topological polar surface area (TPSA) is 45.3 Å². The lowest BCUT2D eigenvalue weighted by molar-refractivity contribution is -0.134. The first kappa shape index (κ1) is 20.1. The first-order valence-electron chi connectivity index (χ1n) is 11.9. The molecule has 0 spiro atoms. The molecule has 0 bridgehead atoms. The summed E-state index contributed by atoms with van der Waals surface area (Å²) in [5, 5.41) is 0. The van der Waals surface area contributed by atoms with E-state index in [9.17, 15) is 4.79 Å². The zero-order chi connectivity index (χ0) is 20.3. The molecule has 6 nitrogen and oxygen atoms in total. The first-order valence-corrected chi connectivity index (χ1v) is 11.9. The third-order valence-corrected chi connectivity index (χ3v) is 7.27. The van der Waals surface area contributed by atoms with Gasteiger partial charge in [-0.15, -0.1) is 0 Å². The summed E-state index contributed by atoms with van der Waals surface area (Å²) in [5.41, 5.74) is 1.18. The Morgan fingerprint density at radius 3 is 2.57 bits per heavy atom. The van der Waals surface area contributed by atoms with Crippen LogP contribution in [0.5, 0.6) is 11.5 Å². The van der Waals surface area contributed by atoms with Crippen LogP contribution >= 0.6 is 0 Å². The third kappa shape index (κ3) is 4.30. The molecule has 1 aromatic rings. The van der Waals surface area contributed by atoms with E-state index in [1.807, 2.05) is 6.07 Å². The second kappa shape index (κ2) is 9.15. The zero-order valence-electron chi connectivity index (χ0n) is 18.1. The number of likely N-dealkylation sites (tertiary alicyclic amines) is 3. The van der Waals surface area contributed by atoms with Gasteiger partial charge < -0.3 is 14.4 Å². The van der Waals surface area contributed by atoms with Crippen molar-refractivity contribution in [3.63, 3.8) is 0 Å². The molecule has 4 aliphatic heterocycles. The summed E-state index contributed by atoms with van der Waals surface area (Å²) in [4.78, 5) is 20.5. The highest BCUT2D eigenvalue weighted by atomic mass is 16.6. The number of ether oxygens (including phenoxy) is 2. The fraction of sp³-hybridized carbons (Fsp3) is 0.708. The summed E-state index contributed by atoms with van der Waals surface area (Å²) in [6.07, 6.45) is 8.64. The highest BCUT2D eigenvalue weighted by Crippen LogP contribution is 2.38. The van der Waals surface area contributed by atoms with Gasteiger partial charge in [0.1, 0.15) is 13.2 Å². The Morgan fingerprint density at radius 1 is 0.900 bits per heavy atom. The van der Waals surface area contributed by atoms with Gasteiger partial charge in [-0.25, -0.2) is 0 Å². The zero-order valence-corrected chi connectivity index (χ0v) is 18.1. The quantitative estimate of drug-likeness (QED) is 0.759. The second-order valence-electron chi connectivity index (χ2n) is 9.28. The fourth-order valence-electron chi connectivity index (χ4n) is 5.72. The van der Waals surface area contributed by atoms with E-state index in [1.54, 1.807) is 0 Å². The Kier molecular flexibility index (Phi) is 6.14. The molecule has 0 aromatic heterocycles. The van der Waals surface area contributed by atoms with Crippen molar-refractivity contribution in [2.45, 2.75) is 57.0 Å². The van der Waals surface area contributed by atoms with Gasteiger partial charge in [0, 0.05) is 19.1 Å². The Morgan fingerprint density at radius 2 is 1.70 bits per heavy atom. The summed E-state index contributed by atoms with van der Waals surface area (Å²) in [6.45, 7) is 7.21. The smallest absolute Gasteiger partial charge is 0.237 e. The lowest BCUT2D eigenvalue weighted by Gasteiger charge is -2.41. The molecule has 1 amide bonds. The molecule has 30 heavy (non-hydrogen) atoms. The maximum absolute atomic E-state index is 13.3. The molecule has 4 heterocycles. The molecule has 2 unspecified atom stereocenters. The van der Waals surface area contributed by atoms with E-state index < -0.39 is 0 Å². The number of hydrogen-bond donors (Lipinski definition) is 0. The predicted molar refractivity (Wildman–Crippen MR) is 116 cm³/mol. The molecule has 3 fully saturated rings. The van der Waals surface area contributed by atoms with Crippen LogP contribution in [-0.2, 0) is 4.79 Å². The number of benzene rings is 1.